The van der Waals surface area contributed by atoms with E-state index in [-0.39, 0.29) is 32.0 Å². The smallest absolute Gasteiger partial charge is 0.306 e. The van der Waals surface area contributed by atoms with Crippen molar-refractivity contribution in [1.29, 1.82) is 0 Å². The predicted molar refractivity (Wildman–Crippen MR) is 360 cm³/mol. The predicted octanol–water partition coefficient (Wildman–Crippen LogP) is 22.5. The van der Waals surface area contributed by atoms with Crippen LogP contribution >= 0.6 is 7.82 Å². The van der Waals surface area contributed by atoms with Gasteiger partial charge in [-0.2, -0.15) is 0 Å². The van der Waals surface area contributed by atoms with Gasteiger partial charge in [0.15, 0.2) is 6.10 Å². The van der Waals surface area contributed by atoms with Gasteiger partial charge in [0.2, 0.25) is 0 Å². The van der Waals surface area contributed by atoms with Crippen molar-refractivity contribution in [2.75, 3.05) is 47.5 Å². The molecule has 490 valence electrons. The average molecular weight is 1200 g/mol. The van der Waals surface area contributed by atoms with E-state index >= 15 is 0 Å². The van der Waals surface area contributed by atoms with Gasteiger partial charge in [-0.3, -0.25) is 14.2 Å². The molecule has 0 aliphatic heterocycles. The van der Waals surface area contributed by atoms with E-state index in [4.69, 9.17) is 18.5 Å². The van der Waals surface area contributed by atoms with Gasteiger partial charge >= 0.3 is 11.9 Å². The first-order chi connectivity index (χ1) is 41.0. The van der Waals surface area contributed by atoms with E-state index in [9.17, 15) is 19.0 Å². The average Bonchev–Trinajstić information content (AvgIpc) is 3.61. The number of quaternary nitrogens is 1. The van der Waals surface area contributed by atoms with Crippen LogP contribution in [0.3, 0.4) is 0 Å². The van der Waals surface area contributed by atoms with Crippen molar-refractivity contribution >= 4 is 19.8 Å². The molecule has 10 heteroatoms. The number of phosphoric ester groups is 1. The highest BCUT2D eigenvalue weighted by Crippen LogP contribution is 2.38. The molecular weight excluding hydrogens is 1060 g/mol. The van der Waals surface area contributed by atoms with Crippen molar-refractivity contribution in [3.8, 4) is 0 Å². The van der Waals surface area contributed by atoms with Crippen LogP contribution in [0.5, 0.6) is 0 Å². The summed E-state index contributed by atoms with van der Waals surface area (Å²) in [5.74, 6) is -0.819. The van der Waals surface area contributed by atoms with E-state index in [0.717, 1.165) is 64.2 Å². The molecule has 0 heterocycles. The molecule has 0 fully saturated rings. The first-order valence-electron chi connectivity index (χ1n) is 35.6. The maximum absolute atomic E-state index is 12.9. The first-order valence-corrected chi connectivity index (χ1v) is 37.1. The second-order valence-corrected chi connectivity index (χ2v) is 26.6. The van der Waals surface area contributed by atoms with Crippen LogP contribution in [0.4, 0.5) is 0 Å². The fraction of sp³-hybridized carbons (Fsp3) is 0.811. The number of allylic oxidation sites excluding steroid dienone is 12. The molecule has 0 aromatic rings. The Morgan fingerprint density at radius 3 is 1.01 bits per heavy atom. The summed E-state index contributed by atoms with van der Waals surface area (Å²) in [6.07, 6.45) is 87.0. The molecule has 0 aromatic carbocycles. The molecule has 2 atom stereocenters. The maximum Gasteiger partial charge on any atom is 0.306 e. The maximum atomic E-state index is 12.9. The van der Waals surface area contributed by atoms with E-state index in [1.807, 2.05) is 21.1 Å². The molecule has 0 rings (SSSR count). The normalized spacial score (nSPS) is 13.5. The minimum Gasteiger partial charge on any atom is -0.756 e. The van der Waals surface area contributed by atoms with Crippen molar-refractivity contribution in [3.63, 3.8) is 0 Å². The number of nitrogens with zero attached hydrogens (tertiary/aromatic N) is 1. The molecule has 9 nitrogen and oxygen atoms in total. The number of rotatable bonds is 66. The lowest BCUT2D eigenvalue weighted by Crippen LogP contribution is -2.37. The summed E-state index contributed by atoms with van der Waals surface area (Å²) >= 11 is 0. The van der Waals surface area contributed by atoms with Crippen molar-refractivity contribution in [2.45, 2.75) is 341 Å². The summed E-state index contributed by atoms with van der Waals surface area (Å²) in [5.41, 5.74) is 0. The minimum atomic E-state index is -4.64. The monoisotopic (exact) mass is 1200 g/mol. The highest BCUT2D eigenvalue weighted by atomic mass is 31.2. The second-order valence-electron chi connectivity index (χ2n) is 25.2. The van der Waals surface area contributed by atoms with Crippen molar-refractivity contribution < 1.29 is 42.1 Å². The summed E-state index contributed by atoms with van der Waals surface area (Å²) in [5, 5.41) is 0. The van der Waals surface area contributed by atoms with Crippen LogP contribution in [0.2, 0.25) is 0 Å². The summed E-state index contributed by atoms with van der Waals surface area (Å²) in [6, 6.07) is 0. The Morgan fingerprint density at radius 2 is 0.679 bits per heavy atom. The van der Waals surface area contributed by atoms with Crippen LogP contribution in [0.1, 0.15) is 335 Å². The number of esters is 2. The number of carbonyl (C=O) groups excluding carboxylic acids is 2. The molecule has 0 N–H and O–H groups in total. The fourth-order valence-corrected chi connectivity index (χ4v) is 11.0. The SMILES string of the molecule is CC/C=C\C/C=C\C/C=C\C/C=C\CCCCCCCCCCCCCCCCCCCCCCCCC(=O)OC(COC(=O)CCCCCCCCCCCCCCC/C=C\C/C=C\CCCCCCC)COP(=O)([O-])OCC[N+](C)(C)C. The number of hydrogen-bond acceptors (Lipinski definition) is 8. The van der Waals surface area contributed by atoms with Gasteiger partial charge in [0.25, 0.3) is 7.82 Å². The standard InChI is InChI=1S/C74H136NO8P/c1-6-8-10-12-14-16-18-20-22-24-26-28-30-32-33-34-35-36-37-38-39-40-41-43-45-47-49-51-53-55-57-59-61-63-65-67-74(77)83-72(71-82-84(78,79)81-69-68-75(3,4)5)70-80-73(76)66-64-62-60-58-56-54-52-50-48-46-44-42-31-29-27-25-23-21-19-17-15-13-11-9-7-2/h8,10,14,16,19-22,25-28,72H,6-7,9,11-13,15,17-18,23-24,29-71H2,1-5H3/b10-8-,16-14-,21-19-,22-20-,27-25-,28-26-. The first kappa shape index (κ1) is 81.5. The molecule has 0 radical (unpaired) electrons. The van der Waals surface area contributed by atoms with E-state index in [2.05, 4.69) is 86.8 Å². The molecule has 84 heavy (non-hydrogen) atoms. The Balaban J connectivity index is 3.98. The lowest BCUT2D eigenvalue weighted by atomic mass is 10.0. The quantitative estimate of drug-likeness (QED) is 0.0195. The molecule has 0 saturated heterocycles. The van der Waals surface area contributed by atoms with Crippen molar-refractivity contribution in [3.05, 3.63) is 72.9 Å². The second kappa shape index (κ2) is 64.9. The van der Waals surface area contributed by atoms with Gasteiger partial charge in [0.05, 0.1) is 27.7 Å². The van der Waals surface area contributed by atoms with Gasteiger partial charge in [-0.1, -0.05) is 311 Å². The number of unbranched alkanes of at least 4 members (excludes halogenated alkanes) is 40. The van der Waals surface area contributed by atoms with Crippen LogP contribution in [-0.2, 0) is 32.7 Å². The zero-order valence-corrected chi connectivity index (χ0v) is 56.7. The number of carbonyl (C=O) groups is 2. The van der Waals surface area contributed by atoms with Gasteiger partial charge in [0.1, 0.15) is 19.8 Å². The van der Waals surface area contributed by atoms with E-state index in [0.29, 0.717) is 17.4 Å². The Bertz CT molecular complexity index is 1650. The minimum absolute atomic E-state index is 0.0303. The molecule has 0 aliphatic carbocycles. The summed E-state index contributed by atoms with van der Waals surface area (Å²) < 4.78 is 34.3. The lowest BCUT2D eigenvalue weighted by Gasteiger charge is -2.28. The van der Waals surface area contributed by atoms with Gasteiger partial charge in [0, 0.05) is 12.8 Å². The fourth-order valence-electron chi connectivity index (χ4n) is 10.3. The summed E-state index contributed by atoms with van der Waals surface area (Å²) in [4.78, 5) is 38.1. The van der Waals surface area contributed by atoms with Crippen LogP contribution in [-0.4, -0.2) is 70.0 Å². The van der Waals surface area contributed by atoms with Crippen molar-refractivity contribution in [2.24, 2.45) is 0 Å². The molecule has 0 saturated carbocycles. The Morgan fingerprint density at radius 1 is 0.381 bits per heavy atom. The molecule has 0 amide bonds. The van der Waals surface area contributed by atoms with Crippen LogP contribution < -0.4 is 4.89 Å². The van der Waals surface area contributed by atoms with Crippen molar-refractivity contribution in [1.82, 2.24) is 0 Å². The van der Waals surface area contributed by atoms with Crippen LogP contribution in [0.15, 0.2) is 72.9 Å². The molecule has 0 aromatic heterocycles. The Kier molecular flexibility index (Phi) is 62.9. The van der Waals surface area contributed by atoms with E-state index < -0.39 is 26.5 Å². The third-order valence-corrected chi connectivity index (χ3v) is 16.7. The van der Waals surface area contributed by atoms with Gasteiger partial charge < -0.3 is 27.9 Å². The largest absolute Gasteiger partial charge is 0.756 e. The lowest BCUT2D eigenvalue weighted by molar-refractivity contribution is -0.870. The number of ether oxygens (including phenoxy) is 2. The molecule has 0 aliphatic rings. The van der Waals surface area contributed by atoms with Gasteiger partial charge in [-0.05, 0) is 83.5 Å². The molecule has 2 unspecified atom stereocenters. The third-order valence-electron chi connectivity index (χ3n) is 15.7. The van der Waals surface area contributed by atoms with Gasteiger partial charge in [-0.15, -0.1) is 0 Å². The number of hydrogen-bond donors (Lipinski definition) is 0. The van der Waals surface area contributed by atoms with E-state index in [1.54, 1.807) is 0 Å². The third kappa shape index (κ3) is 68.6. The molecule has 0 spiro atoms. The van der Waals surface area contributed by atoms with Crippen LogP contribution in [0.25, 0.3) is 0 Å². The Hall–Kier alpha value is -2.55. The highest BCUT2D eigenvalue weighted by Gasteiger charge is 2.22. The number of likely N-dealkylation sites (N-methyl/N-ethyl adjacent to an activating group) is 1. The van der Waals surface area contributed by atoms with E-state index in [1.165, 1.54) is 238 Å². The van der Waals surface area contributed by atoms with Crippen LogP contribution in [0, 0.1) is 0 Å². The van der Waals surface area contributed by atoms with Gasteiger partial charge in [-0.25, -0.2) is 0 Å². The summed E-state index contributed by atoms with van der Waals surface area (Å²) in [6.45, 7) is 4.17. The molecular formula is C74H136NO8P. The zero-order chi connectivity index (χ0) is 61.2. The number of phosphoric acid groups is 1. The topological polar surface area (TPSA) is 111 Å². The molecule has 0 bridgehead atoms. The zero-order valence-electron chi connectivity index (χ0n) is 55.8. The summed E-state index contributed by atoms with van der Waals surface area (Å²) in [7, 11) is 1.18. The Labute approximate surface area is 520 Å². The highest BCUT2D eigenvalue weighted by molar-refractivity contribution is 7.45.